The molecule has 1 aliphatic carbocycles. The van der Waals surface area contributed by atoms with Crippen LogP contribution in [-0.2, 0) is 6.42 Å². The molecule has 1 amide bonds. The van der Waals surface area contributed by atoms with Crippen LogP contribution in [0.15, 0.2) is 16.5 Å². The molecule has 1 heterocycles. The van der Waals surface area contributed by atoms with Gasteiger partial charge < -0.3 is 9.73 Å². The van der Waals surface area contributed by atoms with Gasteiger partial charge in [0.25, 0.3) is 5.91 Å². The van der Waals surface area contributed by atoms with Crippen LogP contribution < -0.4 is 5.32 Å². The molecule has 0 saturated heterocycles. The SMILES string of the molecule is CC.CNC(=O)c1ccc(CC2(C)CCCC(C(F)(F)F)C2)o1. The van der Waals surface area contributed by atoms with E-state index in [1.807, 2.05) is 20.8 Å². The van der Waals surface area contributed by atoms with Crippen LogP contribution >= 0.6 is 0 Å². The lowest BCUT2D eigenvalue weighted by Gasteiger charge is -2.38. The van der Waals surface area contributed by atoms with Crippen LogP contribution in [0.2, 0.25) is 0 Å². The number of nitrogens with one attached hydrogen (secondary N) is 1. The summed E-state index contributed by atoms with van der Waals surface area (Å²) in [5, 5.41) is 2.45. The van der Waals surface area contributed by atoms with E-state index in [4.69, 9.17) is 4.42 Å². The van der Waals surface area contributed by atoms with Crippen LogP contribution in [0.1, 0.15) is 62.8 Å². The second kappa shape index (κ2) is 7.88. The summed E-state index contributed by atoms with van der Waals surface area (Å²) in [4.78, 5) is 11.4. The molecule has 1 fully saturated rings. The Morgan fingerprint density at radius 1 is 1.39 bits per heavy atom. The predicted molar refractivity (Wildman–Crippen MR) is 83.3 cm³/mol. The monoisotopic (exact) mass is 333 g/mol. The van der Waals surface area contributed by atoms with Crippen molar-refractivity contribution in [3.05, 3.63) is 23.7 Å². The van der Waals surface area contributed by atoms with Crippen molar-refractivity contribution in [1.82, 2.24) is 5.32 Å². The van der Waals surface area contributed by atoms with E-state index in [1.165, 1.54) is 7.05 Å². The Labute approximate surface area is 135 Å². The van der Waals surface area contributed by atoms with E-state index in [9.17, 15) is 18.0 Å². The maximum Gasteiger partial charge on any atom is 0.391 e. The van der Waals surface area contributed by atoms with Crippen LogP contribution in [-0.4, -0.2) is 19.1 Å². The third-order valence-corrected chi connectivity index (χ3v) is 4.25. The van der Waals surface area contributed by atoms with Crippen molar-refractivity contribution in [3.63, 3.8) is 0 Å². The van der Waals surface area contributed by atoms with Gasteiger partial charge in [-0.05, 0) is 36.8 Å². The maximum atomic E-state index is 12.9. The van der Waals surface area contributed by atoms with Gasteiger partial charge in [-0.15, -0.1) is 0 Å². The van der Waals surface area contributed by atoms with Gasteiger partial charge in [0.2, 0.25) is 0 Å². The molecule has 1 aromatic heterocycles. The number of carbonyl (C=O) groups is 1. The van der Waals surface area contributed by atoms with E-state index in [2.05, 4.69) is 5.32 Å². The van der Waals surface area contributed by atoms with Crippen LogP contribution in [0.5, 0.6) is 0 Å². The van der Waals surface area contributed by atoms with Crippen molar-refractivity contribution in [1.29, 1.82) is 0 Å². The number of hydrogen-bond donors (Lipinski definition) is 1. The Hall–Kier alpha value is -1.46. The fourth-order valence-corrected chi connectivity index (χ4v) is 3.15. The van der Waals surface area contributed by atoms with Crippen molar-refractivity contribution in [2.24, 2.45) is 11.3 Å². The molecular weight excluding hydrogens is 307 g/mol. The van der Waals surface area contributed by atoms with Gasteiger partial charge >= 0.3 is 6.18 Å². The van der Waals surface area contributed by atoms with Gasteiger partial charge in [0, 0.05) is 13.5 Å². The quantitative estimate of drug-likeness (QED) is 0.849. The van der Waals surface area contributed by atoms with E-state index in [1.54, 1.807) is 12.1 Å². The minimum Gasteiger partial charge on any atom is -0.456 e. The standard InChI is InChI=1S/C15H20F3NO2.C2H6/c1-14(7-3-4-10(8-14)15(16,17)18)9-11-5-6-12(21-11)13(20)19-2;1-2/h5-6,10H,3-4,7-9H2,1-2H3,(H,19,20);1-2H3. The van der Waals surface area contributed by atoms with E-state index in [0.29, 0.717) is 18.6 Å². The number of rotatable bonds is 3. The average molecular weight is 333 g/mol. The Kier molecular flexibility index (Phi) is 6.71. The van der Waals surface area contributed by atoms with Crippen molar-refractivity contribution in [2.75, 3.05) is 7.05 Å². The summed E-state index contributed by atoms with van der Waals surface area (Å²) in [5.41, 5.74) is -0.434. The first-order chi connectivity index (χ1) is 10.7. The Morgan fingerprint density at radius 3 is 2.61 bits per heavy atom. The maximum absolute atomic E-state index is 12.9. The summed E-state index contributed by atoms with van der Waals surface area (Å²) < 4.78 is 44.1. The van der Waals surface area contributed by atoms with Gasteiger partial charge in [0.05, 0.1) is 5.92 Å². The molecule has 23 heavy (non-hydrogen) atoms. The first-order valence-corrected chi connectivity index (χ1v) is 8.11. The van der Waals surface area contributed by atoms with Crippen molar-refractivity contribution in [3.8, 4) is 0 Å². The fraction of sp³-hybridized carbons (Fsp3) is 0.706. The molecule has 3 nitrogen and oxygen atoms in total. The lowest BCUT2D eigenvalue weighted by Crippen LogP contribution is -2.35. The largest absolute Gasteiger partial charge is 0.456 e. The highest BCUT2D eigenvalue weighted by Gasteiger charge is 2.46. The van der Waals surface area contributed by atoms with Crippen molar-refractivity contribution in [2.45, 2.75) is 59.1 Å². The minimum absolute atomic E-state index is 0.118. The molecule has 1 aromatic rings. The highest BCUT2D eigenvalue weighted by molar-refractivity contribution is 5.91. The molecule has 1 N–H and O–H groups in total. The Morgan fingerprint density at radius 2 is 2.04 bits per heavy atom. The Balaban J connectivity index is 0.00000127. The van der Waals surface area contributed by atoms with E-state index in [0.717, 1.165) is 6.42 Å². The average Bonchev–Trinajstić information content (AvgIpc) is 2.95. The number of halogens is 3. The fourth-order valence-electron chi connectivity index (χ4n) is 3.15. The molecule has 2 rings (SSSR count). The molecule has 2 atom stereocenters. The normalized spacial score (nSPS) is 24.6. The van der Waals surface area contributed by atoms with E-state index in [-0.39, 0.29) is 24.5 Å². The number of carbonyl (C=O) groups excluding carboxylic acids is 1. The van der Waals surface area contributed by atoms with Gasteiger partial charge in [0.1, 0.15) is 5.76 Å². The molecule has 6 heteroatoms. The summed E-state index contributed by atoms with van der Waals surface area (Å²) in [6.45, 7) is 5.87. The number of alkyl halides is 3. The van der Waals surface area contributed by atoms with Crippen LogP contribution in [0.4, 0.5) is 13.2 Å². The van der Waals surface area contributed by atoms with Gasteiger partial charge in [0.15, 0.2) is 5.76 Å². The molecule has 0 radical (unpaired) electrons. The van der Waals surface area contributed by atoms with E-state index < -0.39 is 17.5 Å². The van der Waals surface area contributed by atoms with Gasteiger partial charge in [-0.3, -0.25) is 4.79 Å². The van der Waals surface area contributed by atoms with Crippen molar-refractivity contribution >= 4 is 5.91 Å². The summed E-state index contributed by atoms with van der Waals surface area (Å²) in [6, 6.07) is 3.23. The molecule has 0 aliphatic heterocycles. The lowest BCUT2D eigenvalue weighted by molar-refractivity contribution is -0.191. The van der Waals surface area contributed by atoms with Crippen LogP contribution in [0.3, 0.4) is 0 Å². The first-order valence-electron chi connectivity index (χ1n) is 8.11. The zero-order chi connectivity index (χ0) is 17.7. The smallest absolute Gasteiger partial charge is 0.391 e. The molecule has 1 saturated carbocycles. The summed E-state index contributed by atoms with van der Waals surface area (Å²) >= 11 is 0. The summed E-state index contributed by atoms with van der Waals surface area (Å²) in [7, 11) is 1.50. The molecule has 1 aliphatic rings. The molecule has 2 unspecified atom stereocenters. The van der Waals surface area contributed by atoms with Gasteiger partial charge in [-0.2, -0.15) is 13.2 Å². The zero-order valence-corrected chi connectivity index (χ0v) is 14.2. The van der Waals surface area contributed by atoms with Crippen LogP contribution in [0.25, 0.3) is 0 Å². The van der Waals surface area contributed by atoms with Crippen LogP contribution in [0, 0.1) is 11.3 Å². The molecule has 132 valence electrons. The lowest BCUT2D eigenvalue weighted by atomic mass is 9.68. The summed E-state index contributed by atoms with van der Waals surface area (Å²) in [6.07, 6.45) is -2.05. The second-order valence-corrected chi connectivity index (χ2v) is 6.17. The zero-order valence-electron chi connectivity index (χ0n) is 14.2. The van der Waals surface area contributed by atoms with Gasteiger partial charge in [-0.1, -0.05) is 27.2 Å². The molecule has 0 aromatic carbocycles. The first kappa shape index (κ1) is 19.6. The molecule has 0 bridgehead atoms. The molecule has 0 spiro atoms. The minimum atomic E-state index is -4.13. The molecular formula is C17H26F3NO2. The van der Waals surface area contributed by atoms with E-state index >= 15 is 0 Å². The van der Waals surface area contributed by atoms with Gasteiger partial charge in [-0.25, -0.2) is 0 Å². The predicted octanol–water partition coefficient (Wildman–Crippen LogP) is 4.97. The Bertz CT molecular complexity index is 510. The second-order valence-electron chi connectivity index (χ2n) is 6.17. The summed E-state index contributed by atoms with van der Waals surface area (Å²) in [5.74, 6) is -0.800. The van der Waals surface area contributed by atoms with Crippen molar-refractivity contribution < 1.29 is 22.4 Å². The topological polar surface area (TPSA) is 42.2 Å². The third-order valence-electron chi connectivity index (χ3n) is 4.25. The highest BCUT2D eigenvalue weighted by Crippen LogP contribution is 2.47. The number of furan rings is 1. The highest BCUT2D eigenvalue weighted by atomic mass is 19.4. The third kappa shape index (κ3) is 5.29. The number of hydrogen-bond acceptors (Lipinski definition) is 2. The number of amides is 1.